The predicted molar refractivity (Wildman–Crippen MR) is 75.9 cm³/mol. The minimum atomic E-state index is -1.05. The van der Waals surface area contributed by atoms with Crippen molar-refractivity contribution in [2.45, 2.75) is 19.3 Å². The fraction of sp³-hybridized carbons (Fsp3) is 0.467. The van der Waals surface area contributed by atoms with Gasteiger partial charge in [-0.05, 0) is 37.5 Å². The van der Waals surface area contributed by atoms with E-state index < -0.39 is 5.97 Å². The largest absolute Gasteiger partial charge is 0.493 e. The molecule has 1 aromatic carbocycles. The fourth-order valence-corrected chi connectivity index (χ4v) is 2.30. The van der Waals surface area contributed by atoms with Crippen LogP contribution in [0.1, 0.15) is 29.6 Å². The fourth-order valence-electron chi connectivity index (χ4n) is 2.30. The van der Waals surface area contributed by atoms with Gasteiger partial charge in [0.2, 0.25) is 0 Å². The van der Waals surface area contributed by atoms with E-state index in [1.54, 1.807) is 4.90 Å². The number of carbonyl (C=O) groups is 2. The maximum Gasteiger partial charge on any atom is 0.335 e. The highest BCUT2D eigenvalue weighted by molar-refractivity contribution is 5.88. The maximum absolute atomic E-state index is 12.0. The molecule has 6 nitrogen and oxygen atoms in total. The summed E-state index contributed by atoms with van der Waals surface area (Å²) in [6.45, 7) is 1.41. The molecule has 1 fully saturated rings. The second-order valence-electron chi connectivity index (χ2n) is 4.90. The van der Waals surface area contributed by atoms with Gasteiger partial charge < -0.3 is 19.5 Å². The third-order valence-electron chi connectivity index (χ3n) is 3.47. The number of piperidine rings is 1. The quantitative estimate of drug-likeness (QED) is 0.895. The molecule has 1 amide bonds. The number of benzene rings is 1. The average Bonchev–Trinajstić information content (AvgIpc) is 2.53. The maximum atomic E-state index is 12.0. The van der Waals surface area contributed by atoms with Crippen LogP contribution < -0.4 is 9.47 Å². The Morgan fingerprint density at radius 2 is 1.90 bits per heavy atom. The van der Waals surface area contributed by atoms with E-state index in [0.29, 0.717) is 5.75 Å². The molecule has 0 aliphatic carbocycles. The van der Waals surface area contributed by atoms with Crippen molar-refractivity contribution < 1.29 is 24.2 Å². The van der Waals surface area contributed by atoms with Crippen LogP contribution in [0.3, 0.4) is 0 Å². The second kappa shape index (κ2) is 6.97. The van der Waals surface area contributed by atoms with Gasteiger partial charge in [-0.3, -0.25) is 4.79 Å². The van der Waals surface area contributed by atoms with E-state index in [4.69, 9.17) is 14.6 Å². The minimum Gasteiger partial charge on any atom is -0.493 e. The lowest BCUT2D eigenvalue weighted by molar-refractivity contribution is -0.134. The molecule has 6 heteroatoms. The van der Waals surface area contributed by atoms with Crippen LogP contribution in [0.4, 0.5) is 0 Å². The van der Waals surface area contributed by atoms with E-state index in [-0.39, 0.29) is 23.8 Å². The van der Waals surface area contributed by atoms with Crippen LogP contribution in [0.15, 0.2) is 18.2 Å². The third kappa shape index (κ3) is 3.87. The van der Waals surface area contributed by atoms with Gasteiger partial charge in [-0.25, -0.2) is 4.79 Å². The third-order valence-corrected chi connectivity index (χ3v) is 3.47. The molecule has 1 heterocycles. The van der Waals surface area contributed by atoms with Gasteiger partial charge in [0.25, 0.3) is 5.91 Å². The van der Waals surface area contributed by atoms with E-state index in [2.05, 4.69) is 0 Å². The monoisotopic (exact) mass is 293 g/mol. The average molecular weight is 293 g/mol. The number of hydrogen-bond acceptors (Lipinski definition) is 4. The van der Waals surface area contributed by atoms with Crippen LogP contribution in [0.5, 0.6) is 11.5 Å². The Kier molecular flexibility index (Phi) is 5.03. The number of likely N-dealkylation sites (tertiary alicyclic amines) is 1. The van der Waals surface area contributed by atoms with Gasteiger partial charge in [0, 0.05) is 13.1 Å². The van der Waals surface area contributed by atoms with Gasteiger partial charge in [0.1, 0.15) is 0 Å². The van der Waals surface area contributed by atoms with Crippen LogP contribution in [0.25, 0.3) is 0 Å². The SMILES string of the molecule is COc1ccc(C(=O)O)cc1OCC(=O)N1CCCCC1. The van der Waals surface area contributed by atoms with E-state index in [0.717, 1.165) is 32.4 Å². The molecule has 1 saturated heterocycles. The predicted octanol–water partition coefficient (Wildman–Crippen LogP) is 1.78. The van der Waals surface area contributed by atoms with Crippen LogP contribution in [-0.2, 0) is 4.79 Å². The smallest absolute Gasteiger partial charge is 0.335 e. The molecule has 0 atom stereocenters. The molecule has 0 unspecified atom stereocenters. The summed E-state index contributed by atoms with van der Waals surface area (Å²) >= 11 is 0. The molecule has 0 spiro atoms. The highest BCUT2D eigenvalue weighted by Gasteiger charge is 2.18. The van der Waals surface area contributed by atoms with Crippen molar-refractivity contribution >= 4 is 11.9 Å². The van der Waals surface area contributed by atoms with Crippen molar-refractivity contribution in [1.29, 1.82) is 0 Å². The molecular formula is C15H19NO5. The van der Waals surface area contributed by atoms with Crippen molar-refractivity contribution in [3.63, 3.8) is 0 Å². The van der Waals surface area contributed by atoms with E-state index in [1.807, 2.05) is 0 Å². The molecule has 1 aromatic rings. The van der Waals surface area contributed by atoms with Crippen molar-refractivity contribution in [1.82, 2.24) is 4.90 Å². The van der Waals surface area contributed by atoms with E-state index in [9.17, 15) is 9.59 Å². The zero-order chi connectivity index (χ0) is 15.2. The Bertz CT molecular complexity index is 523. The molecule has 114 valence electrons. The molecule has 0 saturated carbocycles. The highest BCUT2D eigenvalue weighted by Crippen LogP contribution is 2.28. The van der Waals surface area contributed by atoms with Crippen molar-refractivity contribution in [3.05, 3.63) is 23.8 Å². The Labute approximate surface area is 123 Å². The van der Waals surface area contributed by atoms with Crippen molar-refractivity contribution in [3.8, 4) is 11.5 Å². The number of ether oxygens (including phenoxy) is 2. The van der Waals surface area contributed by atoms with Crippen LogP contribution >= 0.6 is 0 Å². The van der Waals surface area contributed by atoms with Gasteiger partial charge in [-0.15, -0.1) is 0 Å². The molecule has 1 N–H and O–H groups in total. The zero-order valence-electron chi connectivity index (χ0n) is 12.0. The molecule has 0 aromatic heterocycles. The lowest BCUT2D eigenvalue weighted by Gasteiger charge is -2.26. The summed E-state index contributed by atoms with van der Waals surface area (Å²) in [5.41, 5.74) is 0.0937. The standard InChI is InChI=1S/C15H19NO5/c1-20-12-6-5-11(15(18)19)9-13(12)21-10-14(17)16-7-3-2-4-8-16/h5-6,9H,2-4,7-8,10H2,1H3,(H,18,19). The Morgan fingerprint density at radius 3 is 2.52 bits per heavy atom. The summed E-state index contributed by atoms with van der Waals surface area (Å²) < 4.78 is 10.6. The second-order valence-corrected chi connectivity index (χ2v) is 4.90. The lowest BCUT2D eigenvalue weighted by atomic mass is 10.1. The molecule has 0 bridgehead atoms. The molecule has 2 rings (SSSR count). The Morgan fingerprint density at radius 1 is 1.19 bits per heavy atom. The first kappa shape index (κ1) is 15.2. The topological polar surface area (TPSA) is 76.1 Å². The van der Waals surface area contributed by atoms with Gasteiger partial charge >= 0.3 is 5.97 Å². The van der Waals surface area contributed by atoms with Gasteiger partial charge in [0.05, 0.1) is 12.7 Å². The van der Waals surface area contributed by atoms with Gasteiger partial charge in [-0.2, -0.15) is 0 Å². The molecule has 21 heavy (non-hydrogen) atoms. The van der Waals surface area contributed by atoms with Crippen LogP contribution in [0.2, 0.25) is 0 Å². The first-order valence-electron chi connectivity index (χ1n) is 6.93. The number of amides is 1. The number of rotatable bonds is 5. The number of carboxylic acid groups (broad SMARTS) is 1. The normalized spacial score (nSPS) is 14.6. The Balaban J connectivity index is 2.02. The lowest BCUT2D eigenvalue weighted by Crippen LogP contribution is -2.38. The number of carbonyl (C=O) groups excluding carboxylic acids is 1. The first-order chi connectivity index (χ1) is 10.1. The zero-order valence-corrected chi connectivity index (χ0v) is 12.0. The van der Waals surface area contributed by atoms with Gasteiger partial charge in [0.15, 0.2) is 18.1 Å². The molecule has 1 aliphatic heterocycles. The summed E-state index contributed by atoms with van der Waals surface area (Å²) in [6.07, 6.45) is 3.19. The molecular weight excluding hydrogens is 274 g/mol. The number of carboxylic acids is 1. The number of aromatic carboxylic acids is 1. The van der Waals surface area contributed by atoms with Gasteiger partial charge in [-0.1, -0.05) is 0 Å². The minimum absolute atomic E-state index is 0.0857. The number of methoxy groups -OCH3 is 1. The summed E-state index contributed by atoms with van der Waals surface area (Å²) in [6, 6.07) is 4.31. The summed E-state index contributed by atoms with van der Waals surface area (Å²) in [7, 11) is 1.47. The number of hydrogen-bond donors (Lipinski definition) is 1. The van der Waals surface area contributed by atoms with Crippen molar-refractivity contribution in [2.24, 2.45) is 0 Å². The van der Waals surface area contributed by atoms with E-state index in [1.165, 1.54) is 25.3 Å². The molecule has 1 aliphatic rings. The van der Waals surface area contributed by atoms with E-state index >= 15 is 0 Å². The van der Waals surface area contributed by atoms with Crippen LogP contribution in [-0.4, -0.2) is 48.7 Å². The Hall–Kier alpha value is -2.24. The molecule has 0 radical (unpaired) electrons. The summed E-state index contributed by atoms with van der Waals surface area (Å²) in [4.78, 5) is 24.8. The van der Waals surface area contributed by atoms with Crippen molar-refractivity contribution in [2.75, 3.05) is 26.8 Å². The number of nitrogens with zero attached hydrogens (tertiary/aromatic N) is 1. The summed E-state index contributed by atoms with van der Waals surface area (Å²) in [5.74, 6) is -0.462. The first-order valence-corrected chi connectivity index (χ1v) is 6.93. The highest BCUT2D eigenvalue weighted by atomic mass is 16.5. The summed E-state index contributed by atoms with van der Waals surface area (Å²) in [5, 5.41) is 8.98. The van der Waals surface area contributed by atoms with Crippen LogP contribution in [0, 0.1) is 0 Å².